The minimum absolute atomic E-state index is 0.00694. The van der Waals surface area contributed by atoms with E-state index in [1.807, 2.05) is 17.6 Å². The first-order valence-corrected chi connectivity index (χ1v) is 23.1. The van der Waals surface area contributed by atoms with Gasteiger partial charge in [-0.15, -0.1) is 0 Å². The number of fused-ring (bicyclic) bond motifs is 3. The molecule has 5 aromatic heterocycles. The maximum Gasteiger partial charge on any atom is 0.438 e. The van der Waals surface area contributed by atoms with Crippen LogP contribution in [0.15, 0.2) is 81.2 Å². The first-order valence-electron chi connectivity index (χ1n) is 23.1. The number of H-pyrrole nitrogens is 1. The number of ether oxygens (including phenoxy) is 2. The molecule has 0 spiro atoms. The minimum atomic E-state index is -0.864. The van der Waals surface area contributed by atoms with Crippen molar-refractivity contribution in [3.63, 3.8) is 0 Å². The van der Waals surface area contributed by atoms with Gasteiger partial charge in [0.1, 0.15) is 28.7 Å². The van der Waals surface area contributed by atoms with Gasteiger partial charge in [-0.1, -0.05) is 18.1 Å². The molecule has 4 atom stereocenters. The van der Waals surface area contributed by atoms with Crippen LogP contribution in [0.5, 0.6) is 0 Å². The van der Waals surface area contributed by atoms with Gasteiger partial charge in [-0.25, -0.2) is 23.1 Å². The Morgan fingerprint density at radius 2 is 1.74 bits per heavy atom. The van der Waals surface area contributed by atoms with E-state index < -0.39 is 28.8 Å². The molecular weight excluding hydrogens is 875 g/mol. The second kappa shape index (κ2) is 15.8. The summed E-state index contributed by atoms with van der Waals surface area (Å²) in [6, 6.07) is 13.9. The summed E-state index contributed by atoms with van der Waals surface area (Å²) in [6.07, 6.45) is 7.35. The number of imidazole rings is 1. The fourth-order valence-electron chi connectivity index (χ4n) is 11.0. The van der Waals surface area contributed by atoms with Crippen molar-refractivity contribution in [2.24, 2.45) is 5.92 Å². The first kappa shape index (κ1) is 43.6. The van der Waals surface area contributed by atoms with Crippen LogP contribution in [-0.2, 0) is 28.0 Å². The van der Waals surface area contributed by atoms with Gasteiger partial charge in [0.25, 0.3) is 5.91 Å². The second-order valence-corrected chi connectivity index (χ2v) is 19.4. The van der Waals surface area contributed by atoms with Gasteiger partial charge in [0.2, 0.25) is 0 Å². The van der Waals surface area contributed by atoms with Crippen LogP contribution in [0.1, 0.15) is 103 Å². The van der Waals surface area contributed by atoms with Gasteiger partial charge in [0.05, 0.1) is 53.6 Å². The number of nitrogens with one attached hydrogen (secondary N) is 1. The zero-order chi connectivity index (χ0) is 47.6. The molecule has 3 aromatic carbocycles. The number of rotatable bonds is 10. The minimum Gasteiger partial charge on any atom is -0.383 e. The highest BCUT2D eigenvalue weighted by Crippen LogP contribution is 2.56. The maximum atomic E-state index is 16.1. The third-order valence-corrected chi connectivity index (χ3v) is 14.6. The average Bonchev–Trinajstić information content (AvgIpc) is 3.94. The predicted molar refractivity (Wildman–Crippen MR) is 248 cm³/mol. The molecule has 18 heteroatoms. The fourth-order valence-corrected chi connectivity index (χ4v) is 11.0. The van der Waals surface area contributed by atoms with Crippen molar-refractivity contribution in [3.05, 3.63) is 139 Å². The SMILES string of the molecule is COCCn1ncc2cc(-n3ccn(-c4c5c(nn4-c4cc(C)c(F)c(C)c4)CCN(C(=O)c4cc6cc([C@H]7CCOC(C)(C)C7)ccc6n4[C@@]4(c6noc(=O)[nH]6)C[C@@H]4C)[C@H]5C)c3=O)c(F)cc21. The molecule has 11 rings (SSSR count). The number of amides is 1. The molecule has 68 heavy (non-hydrogen) atoms. The Balaban J connectivity index is 1.04. The van der Waals surface area contributed by atoms with Gasteiger partial charge in [-0.3, -0.25) is 28.1 Å². The van der Waals surface area contributed by atoms with Crippen molar-refractivity contribution >= 4 is 27.7 Å². The van der Waals surface area contributed by atoms with Gasteiger partial charge in [0, 0.05) is 67.0 Å². The summed E-state index contributed by atoms with van der Waals surface area (Å²) in [5.74, 6) is -0.987. The van der Waals surface area contributed by atoms with Crippen LogP contribution >= 0.6 is 0 Å². The fraction of sp³-hybridized carbons (Fsp3) is 0.400. The van der Waals surface area contributed by atoms with Gasteiger partial charge >= 0.3 is 11.4 Å². The van der Waals surface area contributed by atoms with E-state index in [0.717, 1.165) is 29.3 Å². The number of aromatic nitrogens is 9. The Morgan fingerprint density at radius 1 is 0.971 bits per heavy atom. The summed E-state index contributed by atoms with van der Waals surface area (Å²) < 4.78 is 55.6. The van der Waals surface area contributed by atoms with E-state index in [4.69, 9.17) is 19.1 Å². The number of halogens is 2. The number of aromatic amines is 1. The molecule has 1 saturated heterocycles. The Hall–Kier alpha value is -6.92. The highest BCUT2D eigenvalue weighted by Gasteiger charge is 2.59. The van der Waals surface area contributed by atoms with Crippen LogP contribution in [0.2, 0.25) is 0 Å². The van der Waals surface area contributed by atoms with E-state index in [9.17, 15) is 9.59 Å². The summed E-state index contributed by atoms with van der Waals surface area (Å²) >= 11 is 0. The van der Waals surface area contributed by atoms with E-state index in [2.05, 4.69) is 54.2 Å². The summed E-state index contributed by atoms with van der Waals surface area (Å²) in [6.45, 7) is 13.3. The first-order chi connectivity index (χ1) is 32.6. The Labute approximate surface area is 388 Å². The monoisotopic (exact) mass is 926 g/mol. The van der Waals surface area contributed by atoms with Crippen molar-refractivity contribution in [1.29, 1.82) is 0 Å². The van der Waals surface area contributed by atoms with Crippen molar-refractivity contribution in [3.8, 4) is 17.2 Å². The van der Waals surface area contributed by atoms with Gasteiger partial charge in [-0.2, -0.15) is 10.2 Å². The molecule has 0 radical (unpaired) electrons. The standard InChI is InChI=1S/C50H52F2N10O6/c1-27-18-35(19-28(2)43(27)52)62-44(59-14-13-58(48(59)65)40-22-34-26-53-60(15-17-66-7)39(34)23-36(40)51)42-30(4)57(12-10-37(42)55-62)45(63)41-21-33-20-31(32-11-16-67-49(5,6)25-32)8-9-38(33)61(41)50(24-29(50)3)46-54-47(64)68-56-46/h8-9,13-14,18-23,26,29-30,32H,10-12,15-17,24-25H2,1-7H3,(H,54,56,64)/t29-,30-,32-,50-/m0/s1. The van der Waals surface area contributed by atoms with Crippen molar-refractivity contribution in [2.75, 3.05) is 26.9 Å². The highest BCUT2D eigenvalue weighted by atomic mass is 19.1. The molecule has 352 valence electrons. The summed E-state index contributed by atoms with van der Waals surface area (Å²) in [7, 11) is 1.58. The van der Waals surface area contributed by atoms with Crippen LogP contribution in [0.25, 0.3) is 39.0 Å². The van der Waals surface area contributed by atoms with Crippen LogP contribution in [0.4, 0.5) is 8.78 Å². The van der Waals surface area contributed by atoms with E-state index in [-0.39, 0.29) is 41.4 Å². The molecule has 1 N–H and O–H groups in total. The van der Waals surface area contributed by atoms with Crippen molar-refractivity contribution < 1.29 is 27.6 Å². The number of nitrogens with zero attached hydrogens (tertiary/aromatic N) is 9. The number of benzene rings is 3. The molecule has 1 saturated carbocycles. The molecule has 16 nitrogen and oxygen atoms in total. The maximum absolute atomic E-state index is 16.1. The number of aryl methyl sites for hydroxylation is 2. The number of methoxy groups -OCH3 is 1. The zero-order valence-electron chi connectivity index (χ0n) is 39.0. The number of hydrogen-bond donors (Lipinski definition) is 1. The van der Waals surface area contributed by atoms with Gasteiger partial charge in [-0.05, 0) is 119 Å². The largest absolute Gasteiger partial charge is 0.438 e. The molecule has 8 aromatic rings. The summed E-state index contributed by atoms with van der Waals surface area (Å²) in [5, 5.41) is 15.2. The van der Waals surface area contributed by atoms with E-state index in [0.29, 0.717) is 88.9 Å². The molecule has 2 fully saturated rings. The van der Waals surface area contributed by atoms with E-state index in [1.54, 1.807) is 65.8 Å². The van der Waals surface area contributed by atoms with E-state index >= 15 is 13.6 Å². The quantitative estimate of drug-likeness (QED) is 0.146. The van der Waals surface area contributed by atoms with Crippen LogP contribution < -0.4 is 11.4 Å². The van der Waals surface area contributed by atoms with Crippen LogP contribution in [0, 0.1) is 31.4 Å². The predicted octanol–water partition coefficient (Wildman–Crippen LogP) is 7.55. The van der Waals surface area contributed by atoms with Crippen LogP contribution in [-0.4, -0.2) is 86.7 Å². The lowest BCUT2D eigenvalue weighted by Crippen LogP contribution is -2.41. The van der Waals surface area contributed by atoms with Gasteiger partial charge in [0.15, 0.2) is 5.82 Å². The number of hydrogen-bond acceptors (Lipinski definition) is 9. The van der Waals surface area contributed by atoms with E-state index in [1.165, 1.54) is 21.4 Å². The topological polar surface area (TPSA) is 165 Å². The Morgan fingerprint density at radius 3 is 2.44 bits per heavy atom. The smallest absolute Gasteiger partial charge is 0.383 e. The molecule has 0 bridgehead atoms. The summed E-state index contributed by atoms with van der Waals surface area (Å²) in [4.78, 5) is 47.4. The Bertz CT molecular complexity index is 3440. The molecule has 1 aliphatic carbocycles. The lowest BCUT2D eigenvalue weighted by atomic mass is 9.83. The third-order valence-electron chi connectivity index (χ3n) is 14.6. The molecule has 0 unspecified atom stereocenters. The zero-order valence-corrected chi connectivity index (χ0v) is 39.0. The van der Waals surface area contributed by atoms with Crippen LogP contribution in [0.3, 0.4) is 0 Å². The van der Waals surface area contributed by atoms with Crippen molar-refractivity contribution in [1.82, 2.24) is 48.3 Å². The average molecular weight is 927 g/mol. The normalized spacial score (nSPS) is 21.2. The summed E-state index contributed by atoms with van der Waals surface area (Å²) in [5.41, 5.74) is 3.82. The second-order valence-electron chi connectivity index (χ2n) is 19.4. The molecule has 3 aliphatic rings. The molecule has 7 heterocycles. The molecular formula is C50H52F2N10O6. The lowest BCUT2D eigenvalue weighted by molar-refractivity contribution is -0.0592. The van der Waals surface area contributed by atoms with Gasteiger partial charge < -0.3 is 18.9 Å². The lowest BCUT2D eigenvalue weighted by Gasteiger charge is -2.35. The Kier molecular flexibility index (Phi) is 10.2. The molecule has 2 aliphatic heterocycles. The number of carbonyl (C=O) groups excluding carboxylic acids is 1. The third kappa shape index (κ3) is 6.81. The molecule has 1 amide bonds. The highest BCUT2D eigenvalue weighted by molar-refractivity contribution is 6.00. The van der Waals surface area contributed by atoms with Crippen molar-refractivity contribution in [2.45, 2.75) is 96.9 Å². The number of carbonyl (C=O) groups is 1.